The molecular formula is C14H17N3O2S. The third-order valence-electron chi connectivity index (χ3n) is 2.70. The molecule has 2 rings (SSSR count). The van der Waals surface area contributed by atoms with E-state index in [4.69, 9.17) is 4.74 Å². The minimum atomic E-state index is -0.0331. The van der Waals surface area contributed by atoms with Crippen molar-refractivity contribution >= 4 is 28.4 Å². The van der Waals surface area contributed by atoms with Crippen molar-refractivity contribution in [2.24, 2.45) is 0 Å². The summed E-state index contributed by atoms with van der Waals surface area (Å²) in [6.45, 7) is 2.41. The summed E-state index contributed by atoms with van der Waals surface area (Å²) >= 11 is 1.39. The summed E-state index contributed by atoms with van der Waals surface area (Å²) < 4.78 is 4.98. The van der Waals surface area contributed by atoms with E-state index in [0.717, 1.165) is 15.8 Å². The third-order valence-corrected chi connectivity index (χ3v) is 3.68. The molecule has 0 radical (unpaired) electrons. The summed E-state index contributed by atoms with van der Waals surface area (Å²) in [6, 6.07) is 7.88. The van der Waals surface area contributed by atoms with Gasteiger partial charge in [-0.05, 0) is 6.92 Å². The quantitative estimate of drug-likeness (QED) is 0.823. The van der Waals surface area contributed by atoms with Crippen molar-refractivity contribution in [3.8, 4) is 0 Å². The fraction of sp³-hybridized carbons (Fsp3) is 0.357. The Morgan fingerprint density at radius 1 is 1.45 bits per heavy atom. The number of rotatable bonds is 6. The Morgan fingerprint density at radius 2 is 2.25 bits per heavy atom. The van der Waals surface area contributed by atoms with E-state index in [1.54, 1.807) is 13.3 Å². The molecule has 0 bridgehead atoms. The zero-order chi connectivity index (χ0) is 14.4. The van der Waals surface area contributed by atoms with E-state index in [2.05, 4.69) is 15.5 Å². The van der Waals surface area contributed by atoms with Gasteiger partial charge in [-0.1, -0.05) is 36.0 Å². The average Bonchev–Trinajstić information content (AvgIpc) is 2.45. The van der Waals surface area contributed by atoms with Crippen LogP contribution >= 0.6 is 11.8 Å². The number of nitrogens with zero attached hydrogens (tertiary/aromatic N) is 2. The van der Waals surface area contributed by atoms with E-state index < -0.39 is 0 Å². The Labute approximate surface area is 122 Å². The molecule has 0 aliphatic rings. The SMILES string of the molecule is COCC(C)NC(=O)CSc1nncc2ccccc12. The molecular weight excluding hydrogens is 274 g/mol. The van der Waals surface area contributed by atoms with Crippen LogP contribution in [0.5, 0.6) is 0 Å². The highest BCUT2D eigenvalue weighted by Crippen LogP contribution is 2.24. The number of benzene rings is 1. The van der Waals surface area contributed by atoms with Gasteiger partial charge in [0.25, 0.3) is 0 Å². The maximum Gasteiger partial charge on any atom is 0.230 e. The van der Waals surface area contributed by atoms with Crippen molar-refractivity contribution in [1.29, 1.82) is 0 Å². The summed E-state index contributed by atoms with van der Waals surface area (Å²) in [6.07, 6.45) is 1.72. The van der Waals surface area contributed by atoms with Gasteiger partial charge in [-0.15, -0.1) is 5.10 Å². The van der Waals surface area contributed by atoms with Crippen LogP contribution in [0.15, 0.2) is 35.5 Å². The van der Waals surface area contributed by atoms with Crippen molar-refractivity contribution in [1.82, 2.24) is 15.5 Å². The molecule has 0 saturated carbocycles. The van der Waals surface area contributed by atoms with Crippen LogP contribution in [0.3, 0.4) is 0 Å². The Hall–Kier alpha value is -1.66. The Balaban J connectivity index is 1.97. The number of nitrogens with one attached hydrogen (secondary N) is 1. The van der Waals surface area contributed by atoms with Crippen LogP contribution in [0.4, 0.5) is 0 Å². The molecule has 1 amide bonds. The maximum atomic E-state index is 11.8. The van der Waals surface area contributed by atoms with Gasteiger partial charge < -0.3 is 10.1 Å². The largest absolute Gasteiger partial charge is 0.383 e. The number of aromatic nitrogens is 2. The highest BCUT2D eigenvalue weighted by Gasteiger charge is 2.10. The lowest BCUT2D eigenvalue weighted by Gasteiger charge is -2.12. The van der Waals surface area contributed by atoms with E-state index in [9.17, 15) is 4.79 Å². The lowest BCUT2D eigenvalue weighted by Crippen LogP contribution is -2.36. The van der Waals surface area contributed by atoms with Gasteiger partial charge in [-0.2, -0.15) is 5.10 Å². The molecule has 6 heteroatoms. The molecule has 2 aromatic rings. The van der Waals surface area contributed by atoms with Gasteiger partial charge in [-0.25, -0.2) is 0 Å². The van der Waals surface area contributed by atoms with Crippen LogP contribution in [0.1, 0.15) is 6.92 Å². The van der Waals surface area contributed by atoms with Crippen LogP contribution < -0.4 is 5.32 Å². The topological polar surface area (TPSA) is 64.1 Å². The van der Waals surface area contributed by atoms with Gasteiger partial charge >= 0.3 is 0 Å². The highest BCUT2D eigenvalue weighted by atomic mass is 32.2. The van der Waals surface area contributed by atoms with Crippen LogP contribution in [-0.2, 0) is 9.53 Å². The second kappa shape index (κ2) is 7.21. The maximum absolute atomic E-state index is 11.8. The minimum absolute atomic E-state index is 0.00621. The molecule has 5 nitrogen and oxygen atoms in total. The normalized spacial score (nSPS) is 12.3. The zero-order valence-electron chi connectivity index (χ0n) is 11.5. The number of thioether (sulfide) groups is 1. The van der Waals surface area contributed by atoms with E-state index in [-0.39, 0.29) is 11.9 Å². The third kappa shape index (κ3) is 3.91. The molecule has 1 N–H and O–H groups in total. The summed E-state index contributed by atoms with van der Waals surface area (Å²) in [4.78, 5) is 11.8. The number of amides is 1. The first-order valence-corrected chi connectivity index (χ1v) is 7.31. The van der Waals surface area contributed by atoms with E-state index in [1.807, 2.05) is 31.2 Å². The van der Waals surface area contributed by atoms with Gasteiger partial charge in [0, 0.05) is 23.9 Å². The number of ether oxygens (including phenoxy) is 1. The van der Waals surface area contributed by atoms with Crippen LogP contribution in [0.2, 0.25) is 0 Å². The average molecular weight is 291 g/mol. The first kappa shape index (κ1) is 14.7. The van der Waals surface area contributed by atoms with Crippen LogP contribution in [0, 0.1) is 0 Å². The van der Waals surface area contributed by atoms with E-state index >= 15 is 0 Å². The summed E-state index contributed by atoms with van der Waals surface area (Å²) in [5.74, 6) is 0.283. The molecule has 1 heterocycles. The molecule has 0 aliphatic heterocycles. The van der Waals surface area contributed by atoms with Crippen molar-refractivity contribution in [3.63, 3.8) is 0 Å². The minimum Gasteiger partial charge on any atom is -0.383 e. The van der Waals surface area contributed by atoms with Crippen molar-refractivity contribution < 1.29 is 9.53 Å². The van der Waals surface area contributed by atoms with E-state index in [1.165, 1.54) is 11.8 Å². The molecule has 1 unspecified atom stereocenters. The monoisotopic (exact) mass is 291 g/mol. The molecule has 106 valence electrons. The molecule has 0 spiro atoms. The zero-order valence-corrected chi connectivity index (χ0v) is 12.3. The number of carbonyl (C=O) groups is 1. The fourth-order valence-corrected chi connectivity index (χ4v) is 2.65. The Morgan fingerprint density at radius 3 is 3.05 bits per heavy atom. The first-order chi connectivity index (χ1) is 9.70. The first-order valence-electron chi connectivity index (χ1n) is 6.32. The van der Waals surface area contributed by atoms with E-state index in [0.29, 0.717) is 12.4 Å². The molecule has 1 atom stereocenters. The van der Waals surface area contributed by atoms with Gasteiger partial charge in [-0.3, -0.25) is 4.79 Å². The molecule has 0 saturated heterocycles. The van der Waals surface area contributed by atoms with Crippen molar-refractivity contribution in [2.75, 3.05) is 19.5 Å². The Bertz CT molecular complexity index is 586. The number of carbonyl (C=O) groups excluding carboxylic acids is 1. The van der Waals surface area contributed by atoms with Gasteiger partial charge in [0.15, 0.2) is 0 Å². The number of methoxy groups -OCH3 is 1. The molecule has 0 aliphatic carbocycles. The summed E-state index contributed by atoms with van der Waals surface area (Å²) in [7, 11) is 1.61. The molecule has 0 fully saturated rings. The van der Waals surface area contributed by atoms with Gasteiger partial charge in [0.1, 0.15) is 5.03 Å². The molecule has 1 aromatic heterocycles. The van der Waals surface area contributed by atoms with Gasteiger partial charge in [0.2, 0.25) is 5.91 Å². The lowest BCUT2D eigenvalue weighted by atomic mass is 10.2. The predicted molar refractivity (Wildman–Crippen MR) is 79.7 cm³/mol. The van der Waals surface area contributed by atoms with Crippen molar-refractivity contribution in [3.05, 3.63) is 30.5 Å². The smallest absolute Gasteiger partial charge is 0.230 e. The summed E-state index contributed by atoms with van der Waals surface area (Å²) in [5, 5.41) is 13.7. The van der Waals surface area contributed by atoms with Crippen LogP contribution in [0.25, 0.3) is 10.8 Å². The predicted octanol–water partition coefficient (Wildman–Crippen LogP) is 1.87. The summed E-state index contributed by atoms with van der Waals surface area (Å²) in [5.41, 5.74) is 0. The Kier molecular flexibility index (Phi) is 5.31. The fourth-order valence-electron chi connectivity index (χ4n) is 1.85. The lowest BCUT2D eigenvalue weighted by molar-refractivity contribution is -0.119. The number of hydrogen-bond acceptors (Lipinski definition) is 5. The second-order valence-electron chi connectivity index (χ2n) is 4.45. The van der Waals surface area contributed by atoms with Crippen LogP contribution in [-0.4, -0.2) is 41.6 Å². The highest BCUT2D eigenvalue weighted by molar-refractivity contribution is 8.00. The van der Waals surface area contributed by atoms with Crippen molar-refractivity contribution in [2.45, 2.75) is 18.0 Å². The van der Waals surface area contributed by atoms with Gasteiger partial charge in [0.05, 0.1) is 18.6 Å². The standard InChI is InChI=1S/C14H17N3O2S/c1-10(8-19-2)16-13(18)9-20-14-12-6-4-3-5-11(12)7-15-17-14/h3-7,10H,8-9H2,1-2H3,(H,16,18). The second-order valence-corrected chi connectivity index (χ2v) is 5.41. The molecule has 20 heavy (non-hydrogen) atoms. The number of hydrogen-bond donors (Lipinski definition) is 1. The number of fused-ring (bicyclic) bond motifs is 1. The molecule has 1 aromatic carbocycles.